The van der Waals surface area contributed by atoms with Crippen LogP contribution in [0.1, 0.15) is 0 Å². The van der Waals surface area contributed by atoms with Gasteiger partial charge in [0.25, 0.3) is 0 Å². The van der Waals surface area contributed by atoms with E-state index < -0.39 is 0 Å². The fraction of sp³-hybridized carbons (Fsp3) is 0. The molecule has 0 N–H and O–H groups in total. The highest BCUT2D eigenvalue weighted by molar-refractivity contribution is 6.28. The summed E-state index contributed by atoms with van der Waals surface area (Å²) >= 11 is 0. The predicted octanol–water partition coefficient (Wildman–Crippen LogP) is 11.8. The van der Waals surface area contributed by atoms with Crippen LogP contribution in [0.15, 0.2) is 170 Å². The van der Waals surface area contributed by atoms with Crippen LogP contribution in [-0.2, 0) is 0 Å². The fourth-order valence-electron chi connectivity index (χ4n) is 8.11. The van der Waals surface area contributed by atoms with Gasteiger partial charge in [0, 0.05) is 27.1 Å². The minimum absolute atomic E-state index is 0.640. The second kappa shape index (κ2) is 10.4. The molecule has 0 atom stereocenters. The quantitative estimate of drug-likeness (QED) is 0.193. The lowest BCUT2D eigenvalue weighted by Crippen LogP contribution is -2.05. The largest absolute Gasteiger partial charge is 0.306 e. The summed E-state index contributed by atoms with van der Waals surface area (Å²) in [6.45, 7) is 0. The van der Waals surface area contributed by atoms with Crippen LogP contribution in [0.25, 0.3) is 99.1 Å². The number of para-hydroxylation sites is 3. The minimum Gasteiger partial charge on any atom is -0.306 e. The molecule has 4 nitrogen and oxygen atoms in total. The van der Waals surface area contributed by atoms with E-state index in [2.05, 4.69) is 179 Å². The van der Waals surface area contributed by atoms with Gasteiger partial charge in [0.05, 0.1) is 38.8 Å². The zero-order valence-corrected chi connectivity index (χ0v) is 27.0. The summed E-state index contributed by atoms with van der Waals surface area (Å²) in [7, 11) is 0. The Kier molecular flexibility index (Phi) is 5.63. The summed E-state index contributed by atoms with van der Waals surface area (Å²) in [6.07, 6.45) is 0. The first kappa shape index (κ1) is 27.2. The molecule has 0 saturated carbocycles. The first-order valence-electron chi connectivity index (χ1n) is 17.0. The van der Waals surface area contributed by atoms with E-state index in [4.69, 9.17) is 9.97 Å². The third-order valence-corrected chi connectivity index (χ3v) is 10.3. The van der Waals surface area contributed by atoms with Gasteiger partial charge < -0.3 is 4.40 Å². The molecule has 0 aliphatic rings. The molecule has 3 aromatic heterocycles. The molecule has 0 radical (unpaired) electrons. The number of nitrogens with zero attached hydrogens (tertiary/aromatic N) is 4. The van der Waals surface area contributed by atoms with Crippen LogP contribution in [0.3, 0.4) is 0 Å². The van der Waals surface area contributed by atoms with Crippen molar-refractivity contribution in [2.45, 2.75) is 0 Å². The lowest BCUT2D eigenvalue weighted by Gasteiger charge is -2.14. The highest BCUT2D eigenvalue weighted by atomic mass is 15.2. The lowest BCUT2D eigenvalue weighted by atomic mass is 10.00. The maximum atomic E-state index is 5.48. The average molecular weight is 637 g/mol. The molecule has 11 aromatic rings. The summed E-state index contributed by atoms with van der Waals surface area (Å²) in [5.41, 5.74) is 10.8. The predicted molar refractivity (Wildman–Crippen MR) is 208 cm³/mol. The van der Waals surface area contributed by atoms with Crippen molar-refractivity contribution in [2.75, 3.05) is 0 Å². The third kappa shape index (κ3) is 3.81. The Labute approximate surface area is 287 Å². The van der Waals surface area contributed by atoms with Gasteiger partial charge in [0.1, 0.15) is 0 Å². The Morgan fingerprint density at radius 1 is 0.380 bits per heavy atom. The Morgan fingerprint density at radius 2 is 1.06 bits per heavy atom. The molecular formula is C46H28N4. The van der Waals surface area contributed by atoms with Gasteiger partial charge in [0.2, 0.25) is 5.95 Å². The van der Waals surface area contributed by atoms with Crippen molar-refractivity contribution in [3.05, 3.63) is 170 Å². The summed E-state index contributed by atoms with van der Waals surface area (Å²) in [5, 5.41) is 8.41. The Hall–Kier alpha value is -6.78. The second-order valence-electron chi connectivity index (χ2n) is 13.0. The van der Waals surface area contributed by atoms with Crippen molar-refractivity contribution in [1.29, 1.82) is 0 Å². The fourth-order valence-corrected chi connectivity index (χ4v) is 8.11. The molecule has 0 spiro atoms. The summed E-state index contributed by atoms with van der Waals surface area (Å²) in [4.78, 5) is 10.8. The molecule has 0 saturated heterocycles. The topological polar surface area (TPSA) is 35.1 Å². The molecule has 0 amide bonds. The van der Waals surface area contributed by atoms with Crippen molar-refractivity contribution >= 4 is 70.8 Å². The molecule has 0 aliphatic carbocycles. The van der Waals surface area contributed by atoms with Gasteiger partial charge in [-0.25, -0.2) is 9.97 Å². The van der Waals surface area contributed by atoms with E-state index in [1.165, 1.54) is 48.9 Å². The van der Waals surface area contributed by atoms with E-state index >= 15 is 0 Å². The van der Waals surface area contributed by atoms with Crippen molar-refractivity contribution in [1.82, 2.24) is 18.9 Å². The van der Waals surface area contributed by atoms with E-state index in [1.807, 2.05) is 0 Å². The van der Waals surface area contributed by atoms with Gasteiger partial charge in [0.15, 0.2) is 0 Å². The van der Waals surface area contributed by atoms with E-state index in [-0.39, 0.29) is 0 Å². The molecule has 3 heterocycles. The highest BCUT2D eigenvalue weighted by Crippen LogP contribution is 2.42. The van der Waals surface area contributed by atoms with E-state index in [0.717, 1.165) is 44.3 Å². The molecule has 0 fully saturated rings. The zero-order valence-electron chi connectivity index (χ0n) is 27.0. The highest BCUT2D eigenvalue weighted by Gasteiger charge is 2.21. The van der Waals surface area contributed by atoms with Gasteiger partial charge in [-0.3, -0.25) is 4.57 Å². The molecule has 50 heavy (non-hydrogen) atoms. The SMILES string of the molecule is c1ccc(-c2cccc(-c3nc(-n4c5cccc6ccc7c8c9ccccc9ccc8n(c8ccccc84)c7c65)nc4ccccc34)c2)cc1. The van der Waals surface area contributed by atoms with Crippen LogP contribution in [0.4, 0.5) is 0 Å². The van der Waals surface area contributed by atoms with Gasteiger partial charge in [-0.05, 0) is 63.7 Å². The van der Waals surface area contributed by atoms with Crippen molar-refractivity contribution < 1.29 is 0 Å². The Balaban J connectivity index is 1.31. The van der Waals surface area contributed by atoms with Gasteiger partial charge in [-0.1, -0.05) is 133 Å². The number of fused-ring (bicyclic) bond motifs is 8. The second-order valence-corrected chi connectivity index (χ2v) is 13.0. The van der Waals surface area contributed by atoms with Crippen LogP contribution in [0, 0.1) is 0 Å². The van der Waals surface area contributed by atoms with E-state index in [0.29, 0.717) is 5.95 Å². The minimum atomic E-state index is 0.640. The van der Waals surface area contributed by atoms with Gasteiger partial charge >= 0.3 is 0 Å². The third-order valence-electron chi connectivity index (χ3n) is 10.3. The first-order valence-corrected chi connectivity index (χ1v) is 17.0. The normalized spacial score (nSPS) is 12.0. The monoisotopic (exact) mass is 636 g/mol. The molecule has 8 aromatic carbocycles. The van der Waals surface area contributed by atoms with Crippen molar-refractivity contribution in [3.8, 4) is 28.3 Å². The van der Waals surface area contributed by atoms with Gasteiger partial charge in [-0.15, -0.1) is 0 Å². The van der Waals surface area contributed by atoms with Crippen LogP contribution >= 0.6 is 0 Å². The summed E-state index contributed by atoms with van der Waals surface area (Å²) < 4.78 is 4.73. The standard InChI is InChI=1S/C46H28N4/c1-2-12-29(13-3-1)32-16-10-17-33(28-32)44-35-19-6-7-20-37(35)47-46(48-44)50-39-22-9-8-21-38(39)49-41-27-25-30-14-4-5-18-34(30)43(41)36-26-24-31-15-11-23-40(50)42(31)45(36)49/h1-28H. The molecule has 0 bridgehead atoms. The molecule has 232 valence electrons. The molecule has 11 rings (SSSR count). The maximum Gasteiger partial charge on any atom is 0.235 e. The maximum absolute atomic E-state index is 5.48. The summed E-state index contributed by atoms with van der Waals surface area (Å²) in [5.74, 6) is 0.640. The molecule has 0 aliphatic heterocycles. The van der Waals surface area contributed by atoms with Crippen molar-refractivity contribution in [2.24, 2.45) is 0 Å². The first-order chi connectivity index (χ1) is 24.8. The smallest absolute Gasteiger partial charge is 0.235 e. The number of aromatic nitrogens is 4. The van der Waals surface area contributed by atoms with E-state index in [9.17, 15) is 0 Å². The van der Waals surface area contributed by atoms with Crippen molar-refractivity contribution in [3.63, 3.8) is 0 Å². The Morgan fingerprint density at radius 3 is 1.98 bits per heavy atom. The lowest BCUT2D eigenvalue weighted by molar-refractivity contribution is 1.01. The number of hydrogen-bond donors (Lipinski definition) is 0. The Bertz CT molecular complexity index is 3120. The number of benzene rings is 8. The average Bonchev–Trinajstić information content (AvgIpc) is 3.46. The number of hydrogen-bond acceptors (Lipinski definition) is 2. The van der Waals surface area contributed by atoms with Gasteiger partial charge in [-0.2, -0.15) is 0 Å². The van der Waals surface area contributed by atoms with Crippen LogP contribution in [0.5, 0.6) is 0 Å². The molecule has 0 unspecified atom stereocenters. The zero-order chi connectivity index (χ0) is 32.8. The molecule has 4 heteroatoms. The van der Waals surface area contributed by atoms with Crippen LogP contribution in [0.2, 0.25) is 0 Å². The number of rotatable bonds is 3. The van der Waals surface area contributed by atoms with Crippen LogP contribution < -0.4 is 0 Å². The molecular weight excluding hydrogens is 609 g/mol. The van der Waals surface area contributed by atoms with E-state index in [1.54, 1.807) is 0 Å². The van der Waals surface area contributed by atoms with Crippen LogP contribution in [-0.4, -0.2) is 18.9 Å². The summed E-state index contributed by atoms with van der Waals surface area (Å²) in [6, 6.07) is 60.6.